The highest BCUT2D eigenvalue weighted by Gasteiger charge is 2.38. The summed E-state index contributed by atoms with van der Waals surface area (Å²) in [7, 11) is 0. The van der Waals surface area contributed by atoms with Gasteiger partial charge in [0.1, 0.15) is 0 Å². The lowest BCUT2D eigenvalue weighted by Crippen LogP contribution is -2.16. The van der Waals surface area contributed by atoms with E-state index in [1.807, 2.05) is 0 Å². The standard InChI is InChI=1S/C36H42/c1-24(2)34-26(19-21-29-23-28-13-8-10-17-32(28)35(29,4)5)14-12-15-27(34)20-22-31-25(3)30-16-9-11-18-33(30)36(31,6)7/h8-11,13,16-25H,12,14-15H2,1-7H3/b21-19+,27-20+,31-22-. The van der Waals surface area contributed by atoms with Gasteiger partial charge in [-0.05, 0) is 69.7 Å². The number of allylic oxidation sites excluding steroid dienone is 9. The molecule has 0 heterocycles. The van der Waals surface area contributed by atoms with Crippen LogP contribution in [0.25, 0.3) is 6.08 Å². The van der Waals surface area contributed by atoms with Gasteiger partial charge >= 0.3 is 0 Å². The summed E-state index contributed by atoms with van der Waals surface area (Å²) in [6, 6.07) is 17.9. The number of hydrogen-bond acceptors (Lipinski definition) is 0. The predicted molar refractivity (Wildman–Crippen MR) is 156 cm³/mol. The second-order valence-corrected chi connectivity index (χ2v) is 12.3. The second-order valence-electron chi connectivity index (χ2n) is 12.3. The first-order valence-corrected chi connectivity index (χ1v) is 13.9. The van der Waals surface area contributed by atoms with E-state index in [9.17, 15) is 0 Å². The van der Waals surface area contributed by atoms with Crippen LogP contribution < -0.4 is 0 Å². The Morgan fingerprint density at radius 1 is 0.806 bits per heavy atom. The molecule has 2 aromatic carbocycles. The third kappa shape index (κ3) is 4.09. The maximum absolute atomic E-state index is 2.47. The van der Waals surface area contributed by atoms with Gasteiger partial charge in [0, 0.05) is 16.7 Å². The van der Waals surface area contributed by atoms with E-state index < -0.39 is 0 Å². The molecule has 3 aliphatic carbocycles. The van der Waals surface area contributed by atoms with E-state index in [0.717, 1.165) is 0 Å². The summed E-state index contributed by atoms with van der Waals surface area (Å²) in [6.07, 6.45) is 15.7. The van der Waals surface area contributed by atoms with Crippen molar-refractivity contribution in [3.63, 3.8) is 0 Å². The van der Waals surface area contributed by atoms with Crippen molar-refractivity contribution in [1.82, 2.24) is 0 Å². The summed E-state index contributed by atoms with van der Waals surface area (Å²) in [4.78, 5) is 0. The number of hydrogen-bond donors (Lipinski definition) is 0. The molecule has 3 aliphatic rings. The molecule has 0 saturated carbocycles. The summed E-state index contributed by atoms with van der Waals surface area (Å²) < 4.78 is 0. The number of benzene rings is 2. The fraction of sp³-hybridized carbons (Fsp3) is 0.389. The molecule has 0 aliphatic heterocycles. The van der Waals surface area contributed by atoms with Gasteiger partial charge in [-0.3, -0.25) is 0 Å². The Morgan fingerprint density at radius 3 is 2.19 bits per heavy atom. The zero-order valence-electron chi connectivity index (χ0n) is 23.3. The molecule has 2 aromatic rings. The van der Waals surface area contributed by atoms with Crippen LogP contribution in [0.5, 0.6) is 0 Å². The third-order valence-corrected chi connectivity index (χ3v) is 9.05. The number of rotatable bonds is 4. The van der Waals surface area contributed by atoms with E-state index in [1.54, 1.807) is 5.57 Å². The zero-order valence-corrected chi connectivity index (χ0v) is 23.3. The fourth-order valence-corrected chi connectivity index (χ4v) is 7.03. The molecule has 1 unspecified atom stereocenters. The van der Waals surface area contributed by atoms with Gasteiger partial charge in [-0.15, -0.1) is 0 Å². The maximum Gasteiger partial charge on any atom is 0.0152 e. The molecule has 0 spiro atoms. The van der Waals surface area contributed by atoms with Gasteiger partial charge in [0.05, 0.1) is 0 Å². The molecule has 0 amide bonds. The number of fused-ring (bicyclic) bond motifs is 2. The van der Waals surface area contributed by atoms with Crippen LogP contribution in [-0.2, 0) is 10.8 Å². The first-order valence-electron chi connectivity index (χ1n) is 13.9. The highest BCUT2D eigenvalue weighted by atomic mass is 14.4. The lowest BCUT2D eigenvalue weighted by atomic mass is 9.78. The summed E-state index contributed by atoms with van der Waals surface area (Å²) in [5.41, 5.74) is 13.5. The molecular weight excluding hydrogens is 432 g/mol. The maximum atomic E-state index is 2.47. The molecule has 0 heteroatoms. The monoisotopic (exact) mass is 474 g/mol. The van der Waals surface area contributed by atoms with Crippen LogP contribution in [0.2, 0.25) is 0 Å². The minimum absolute atomic E-state index is 0.0581. The second kappa shape index (κ2) is 9.22. The minimum Gasteiger partial charge on any atom is -0.0620 e. The molecule has 0 nitrogen and oxygen atoms in total. The van der Waals surface area contributed by atoms with Gasteiger partial charge in [0.2, 0.25) is 0 Å². The van der Waals surface area contributed by atoms with E-state index in [4.69, 9.17) is 0 Å². The normalized spacial score (nSPS) is 24.7. The Bertz CT molecular complexity index is 1330. The van der Waals surface area contributed by atoms with Gasteiger partial charge in [-0.1, -0.05) is 133 Å². The smallest absolute Gasteiger partial charge is 0.0152 e. The lowest BCUT2D eigenvalue weighted by Gasteiger charge is -2.26. The Hall–Kier alpha value is -2.86. The van der Waals surface area contributed by atoms with E-state index in [-0.39, 0.29) is 10.8 Å². The Morgan fingerprint density at radius 2 is 1.50 bits per heavy atom. The SMILES string of the molecule is CC(C)C1=C(/C=C/C2=Cc3ccccc3C2(C)C)CCC/C1=C\C=C1\C(C)c2ccccc2C1(C)C. The van der Waals surface area contributed by atoms with Crippen molar-refractivity contribution in [2.24, 2.45) is 5.92 Å². The minimum atomic E-state index is 0.0581. The average Bonchev–Trinajstić information content (AvgIpc) is 3.22. The quantitative estimate of drug-likeness (QED) is 0.413. The summed E-state index contributed by atoms with van der Waals surface area (Å²) in [6.45, 7) is 16.6. The van der Waals surface area contributed by atoms with Crippen LogP contribution in [0.15, 0.2) is 101 Å². The van der Waals surface area contributed by atoms with E-state index in [0.29, 0.717) is 11.8 Å². The molecule has 0 N–H and O–H groups in total. The van der Waals surface area contributed by atoms with E-state index in [1.165, 1.54) is 63.8 Å². The largest absolute Gasteiger partial charge is 0.0620 e. The Kier molecular flexibility index (Phi) is 6.36. The van der Waals surface area contributed by atoms with Gasteiger partial charge in [-0.25, -0.2) is 0 Å². The van der Waals surface area contributed by atoms with Crippen LogP contribution in [0, 0.1) is 5.92 Å². The summed E-state index contributed by atoms with van der Waals surface area (Å²) in [5.74, 6) is 0.990. The van der Waals surface area contributed by atoms with Crippen molar-refractivity contribution in [2.45, 2.75) is 84.5 Å². The van der Waals surface area contributed by atoms with Crippen molar-refractivity contribution < 1.29 is 0 Å². The third-order valence-electron chi connectivity index (χ3n) is 9.05. The zero-order chi connectivity index (χ0) is 25.7. The van der Waals surface area contributed by atoms with Crippen molar-refractivity contribution in [3.05, 3.63) is 123 Å². The summed E-state index contributed by atoms with van der Waals surface area (Å²) >= 11 is 0. The van der Waals surface area contributed by atoms with Crippen LogP contribution in [0.3, 0.4) is 0 Å². The van der Waals surface area contributed by atoms with Gasteiger partial charge in [0.25, 0.3) is 0 Å². The van der Waals surface area contributed by atoms with Gasteiger partial charge in [0.15, 0.2) is 0 Å². The van der Waals surface area contributed by atoms with E-state index in [2.05, 4.69) is 127 Å². The van der Waals surface area contributed by atoms with Crippen molar-refractivity contribution >= 4 is 6.08 Å². The molecule has 1 atom stereocenters. The highest BCUT2D eigenvalue weighted by molar-refractivity contribution is 5.71. The molecule has 0 bridgehead atoms. The van der Waals surface area contributed by atoms with Crippen molar-refractivity contribution in [1.29, 1.82) is 0 Å². The van der Waals surface area contributed by atoms with Crippen LogP contribution in [-0.4, -0.2) is 0 Å². The molecule has 0 aromatic heterocycles. The predicted octanol–water partition coefficient (Wildman–Crippen LogP) is 10.0. The average molecular weight is 475 g/mol. The fourth-order valence-electron chi connectivity index (χ4n) is 7.03. The molecule has 0 fully saturated rings. The molecule has 36 heavy (non-hydrogen) atoms. The van der Waals surface area contributed by atoms with Crippen LogP contribution >= 0.6 is 0 Å². The Balaban J connectivity index is 1.49. The van der Waals surface area contributed by atoms with E-state index >= 15 is 0 Å². The van der Waals surface area contributed by atoms with Crippen LogP contribution in [0.1, 0.15) is 95.9 Å². The van der Waals surface area contributed by atoms with Crippen LogP contribution in [0.4, 0.5) is 0 Å². The van der Waals surface area contributed by atoms with Crippen molar-refractivity contribution in [2.75, 3.05) is 0 Å². The van der Waals surface area contributed by atoms with Gasteiger partial charge < -0.3 is 0 Å². The highest BCUT2D eigenvalue weighted by Crippen LogP contribution is 2.50. The summed E-state index contributed by atoms with van der Waals surface area (Å²) in [5, 5.41) is 0. The first-order chi connectivity index (χ1) is 17.1. The molecule has 0 radical (unpaired) electrons. The molecule has 186 valence electrons. The molecule has 0 saturated heterocycles. The topological polar surface area (TPSA) is 0 Å². The first kappa shape index (κ1) is 24.8. The molecular formula is C36H42. The van der Waals surface area contributed by atoms with Crippen molar-refractivity contribution in [3.8, 4) is 0 Å². The molecule has 5 rings (SSSR count). The Labute approximate surface area is 219 Å². The lowest BCUT2D eigenvalue weighted by molar-refractivity contribution is 0.625. The van der Waals surface area contributed by atoms with Gasteiger partial charge in [-0.2, -0.15) is 0 Å².